The van der Waals surface area contributed by atoms with Gasteiger partial charge in [-0.1, -0.05) is 23.7 Å². The zero-order chi connectivity index (χ0) is 24.4. The van der Waals surface area contributed by atoms with Crippen molar-refractivity contribution >= 4 is 62.4 Å². The fourth-order valence-corrected chi connectivity index (χ4v) is 6.40. The molecule has 12 heteroatoms. The minimum Gasteiger partial charge on any atom is -0.325 e. The summed E-state index contributed by atoms with van der Waals surface area (Å²) in [6.07, 6.45) is 1.97. The highest BCUT2D eigenvalue weighted by atomic mass is 35.5. The summed E-state index contributed by atoms with van der Waals surface area (Å²) in [7, 11) is 0.470. The number of halogens is 2. The highest BCUT2D eigenvalue weighted by Gasteiger charge is 2.37. The summed E-state index contributed by atoms with van der Waals surface area (Å²) in [6, 6.07) is 14.6. The van der Waals surface area contributed by atoms with Crippen LogP contribution in [0.5, 0.6) is 0 Å². The van der Waals surface area contributed by atoms with E-state index in [-0.39, 0.29) is 17.0 Å². The van der Waals surface area contributed by atoms with E-state index in [1.54, 1.807) is 24.6 Å². The maximum absolute atomic E-state index is 13.4. The molecule has 1 fully saturated rings. The molecule has 34 heavy (non-hydrogen) atoms. The second kappa shape index (κ2) is 10.6. The quantitative estimate of drug-likeness (QED) is 0.431. The number of hydrogen-bond acceptors (Lipinski definition) is 4. The van der Waals surface area contributed by atoms with Crippen LogP contribution in [0.1, 0.15) is 17.3 Å². The molecule has 2 heterocycles. The molecule has 1 aliphatic rings. The molecular weight excluding hydrogens is 519 g/mol. The molecule has 1 amide bonds. The van der Waals surface area contributed by atoms with Gasteiger partial charge in [0.25, 0.3) is 0 Å². The number of hydrogen-bond donors (Lipinski definition) is 3. The van der Waals surface area contributed by atoms with Crippen LogP contribution in [0.3, 0.4) is 0 Å². The van der Waals surface area contributed by atoms with Crippen LogP contribution in [0.15, 0.2) is 54.6 Å². The third-order valence-corrected chi connectivity index (χ3v) is 8.62. The molecule has 4 rings (SSSR count). The lowest BCUT2D eigenvalue weighted by Gasteiger charge is -2.35. The summed E-state index contributed by atoms with van der Waals surface area (Å²) in [5.74, 6) is -0.919. The van der Waals surface area contributed by atoms with Crippen LogP contribution in [0, 0.1) is 5.82 Å². The molecule has 4 atom stereocenters. The van der Waals surface area contributed by atoms with Crippen molar-refractivity contribution in [3.63, 3.8) is 0 Å². The fourth-order valence-electron chi connectivity index (χ4n) is 3.55. The molecule has 4 unspecified atom stereocenters. The Hall–Kier alpha value is -2.15. The Morgan fingerprint density at radius 1 is 1.21 bits per heavy atom. The lowest BCUT2D eigenvalue weighted by atomic mass is 10.1. The molecule has 3 aromatic rings. The van der Waals surface area contributed by atoms with Crippen molar-refractivity contribution in [3.05, 3.63) is 70.3 Å². The fraction of sp³-hybridized carbons (Fsp3) is 0.227. The van der Waals surface area contributed by atoms with Gasteiger partial charge in [-0.15, -0.1) is 11.3 Å². The van der Waals surface area contributed by atoms with Gasteiger partial charge in [0, 0.05) is 34.4 Å². The standard InChI is InChI=1S/C22H22ClFN4O3S3/c1-28-19(22(29)25-15-7-8-17(24)16(23)11-15)12-18(27-34(28)31)21-10-9-20(32-21)13-3-5-14(6-4-13)26-33(2)30/h3-11,18-19,26-27H,12H2,1-2H3,(H,25,29). The second-order valence-corrected chi connectivity index (χ2v) is 11.6. The van der Waals surface area contributed by atoms with Gasteiger partial charge in [-0.05, 0) is 54.4 Å². The first kappa shape index (κ1) is 25.0. The third-order valence-electron chi connectivity index (χ3n) is 5.29. The Balaban J connectivity index is 1.49. The summed E-state index contributed by atoms with van der Waals surface area (Å²) < 4.78 is 44.8. The number of thiophene rings is 1. The number of carbonyl (C=O) groups is 1. The van der Waals surface area contributed by atoms with E-state index in [0.717, 1.165) is 21.0 Å². The summed E-state index contributed by atoms with van der Waals surface area (Å²) in [6.45, 7) is 0. The normalized spacial score (nSPS) is 21.7. The van der Waals surface area contributed by atoms with Gasteiger partial charge in [-0.3, -0.25) is 4.79 Å². The van der Waals surface area contributed by atoms with E-state index in [1.165, 1.54) is 22.5 Å². The Kier molecular flexibility index (Phi) is 7.80. The Morgan fingerprint density at radius 2 is 1.91 bits per heavy atom. The monoisotopic (exact) mass is 540 g/mol. The average molecular weight is 541 g/mol. The first-order valence-corrected chi connectivity index (χ1v) is 14.0. The molecule has 7 nitrogen and oxygen atoms in total. The second-order valence-electron chi connectivity index (χ2n) is 7.67. The van der Waals surface area contributed by atoms with Crippen molar-refractivity contribution in [1.82, 2.24) is 9.03 Å². The number of carbonyl (C=O) groups excluding carboxylic acids is 1. The average Bonchev–Trinajstić information content (AvgIpc) is 3.28. The van der Waals surface area contributed by atoms with Gasteiger partial charge in [0.1, 0.15) is 22.8 Å². The number of anilines is 2. The zero-order valence-corrected chi connectivity index (χ0v) is 21.4. The zero-order valence-electron chi connectivity index (χ0n) is 18.2. The van der Waals surface area contributed by atoms with E-state index >= 15 is 0 Å². The highest BCUT2D eigenvalue weighted by Crippen LogP contribution is 2.36. The van der Waals surface area contributed by atoms with Crippen molar-refractivity contribution in [3.8, 4) is 10.4 Å². The van der Waals surface area contributed by atoms with E-state index < -0.39 is 34.0 Å². The molecule has 0 spiro atoms. The minimum atomic E-state index is -1.57. The summed E-state index contributed by atoms with van der Waals surface area (Å²) in [5.41, 5.74) is 2.14. The molecule has 0 saturated carbocycles. The Labute approximate surface area is 211 Å². The lowest BCUT2D eigenvalue weighted by molar-refractivity contribution is -0.120. The molecule has 0 radical (unpaired) electrons. The van der Waals surface area contributed by atoms with Crippen molar-refractivity contribution in [2.24, 2.45) is 0 Å². The molecule has 180 valence electrons. The van der Waals surface area contributed by atoms with Gasteiger partial charge in [0.2, 0.25) is 5.91 Å². The van der Waals surface area contributed by atoms with Crippen LogP contribution < -0.4 is 14.8 Å². The van der Waals surface area contributed by atoms with Crippen molar-refractivity contribution < 1.29 is 17.6 Å². The van der Waals surface area contributed by atoms with E-state index in [0.29, 0.717) is 12.1 Å². The maximum atomic E-state index is 13.4. The van der Waals surface area contributed by atoms with Gasteiger partial charge in [0.05, 0.1) is 11.1 Å². The first-order valence-electron chi connectivity index (χ1n) is 10.2. The van der Waals surface area contributed by atoms with Crippen molar-refractivity contribution in [1.29, 1.82) is 0 Å². The highest BCUT2D eigenvalue weighted by molar-refractivity contribution is 7.85. The van der Waals surface area contributed by atoms with Gasteiger partial charge >= 0.3 is 0 Å². The molecule has 1 aliphatic heterocycles. The van der Waals surface area contributed by atoms with Crippen LogP contribution in [-0.2, 0) is 27.0 Å². The number of nitrogens with zero attached hydrogens (tertiary/aromatic N) is 1. The predicted octanol–water partition coefficient (Wildman–Crippen LogP) is 4.47. The predicted molar refractivity (Wildman–Crippen MR) is 138 cm³/mol. The van der Waals surface area contributed by atoms with Crippen LogP contribution in [0.4, 0.5) is 15.8 Å². The Bertz CT molecular complexity index is 1250. The number of benzene rings is 2. The number of amides is 1. The SMILES string of the molecule is CN1C(C(=O)Nc2ccc(F)c(Cl)c2)CC(c2ccc(-c3ccc(NS(C)=O)cc3)s2)NS1=O. The van der Waals surface area contributed by atoms with E-state index in [4.69, 9.17) is 11.6 Å². The van der Waals surface area contributed by atoms with Crippen LogP contribution in [-0.4, -0.2) is 38.0 Å². The molecular formula is C22H22ClFN4O3S3. The summed E-state index contributed by atoms with van der Waals surface area (Å²) in [5, 5.41) is 2.65. The van der Waals surface area contributed by atoms with E-state index in [9.17, 15) is 17.6 Å². The van der Waals surface area contributed by atoms with Crippen LogP contribution in [0.2, 0.25) is 5.02 Å². The van der Waals surface area contributed by atoms with E-state index in [2.05, 4.69) is 14.8 Å². The topological polar surface area (TPSA) is 90.5 Å². The van der Waals surface area contributed by atoms with E-state index in [1.807, 2.05) is 36.4 Å². The van der Waals surface area contributed by atoms with Gasteiger partial charge in [0.15, 0.2) is 11.2 Å². The number of nitrogens with one attached hydrogen (secondary N) is 3. The van der Waals surface area contributed by atoms with Crippen LogP contribution in [0.25, 0.3) is 10.4 Å². The molecule has 1 aromatic heterocycles. The molecule has 0 bridgehead atoms. The molecule has 3 N–H and O–H groups in total. The van der Waals surface area contributed by atoms with Gasteiger partial charge < -0.3 is 10.0 Å². The largest absolute Gasteiger partial charge is 0.325 e. The Morgan fingerprint density at radius 3 is 2.59 bits per heavy atom. The third kappa shape index (κ3) is 5.73. The van der Waals surface area contributed by atoms with Crippen molar-refractivity contribution in [2.45, 2.75) is 18.5 Å². The number of rotatable bonds is 6. The molecule has 1 saturated heterocycles. The molecule has 2 aromatic carbocycles. The van der Waals surface area contributed by atoms with Crippen molar-refractivity contribution in [2.75, 3.05) is 23.3 Å². The molecule has 0 aliphatic carbocycles. The maximum Gasteiger partial charge on any atom is 0.242 e. The minimum absolute atomic E-state index is 0.0872. The summed E-state index contributed by atoms with van der Waals surface area (Å²) >= 11 is 5.79. The van der Waals surface area contributed by atoms with Gasteiger partial charge in [-0.25, -0.2) is 21.8 Å². The first-order chi connectivity index (χ1) is 16.2. The smallest absolute Gasteiger partial charge is 0.242 e. The number of likely N-dealkylation sites (N-methyl/N-ethyl adjacent to an activating group) is 1. The van der Waals surface area contributed by atoms with Crippen LogP contribution >= 0.6 is 22.9 Å². The van der Waals surface area contributed by atoms with Gasteiger partial charge in [-0.2, -0.15) is 0 Å². The summed E-state index contributed by atoms with van der Waals surface area (Å²) in [4.78, 5) is 14.9. The lowest BCUT2D eigenvalue weighted by Crippen LogP contribution is -2.52.